The number of aryl methyl sites for hydroxylation is 1. The van der Waals surface area contributed by atoms with Gasteiger partial charge in [-0.05, 0) is 20.3 Å². The molecule has 1 rings (SSSR count). The van der Waals surface area contributed by atoms with Gasteiger partial charge in [0, 0.05) is 11.9 Å². The Kier molecular flexibility index (Phi) is 5.02. The normalized spacial score (nSPS) is 12.4. The zero-order valence-electron chi connectivity index (χ0n) is 10.2. The van der Waals surface area contributed by atoms with Crippen molar-refractivity contribution in [3.8, 4) is 0 Å². The van der Waals surface area contributed by atoms with Crippen molar-refractivity contribution in [3.05, 3.63) is 17.7 Å². The number of H-pyrrole nitrogens is 1. The Labute approximate surface area is 96.4 Å². The van der Waals surface area contributed by atoms with E-state index in [1.54, 1.807) is 6.20 Å². The number of ether oxygens (including phenoxy) is 1. The van der Waals surface area contributed by atoms with E-state index in [0.29, 0.717) is 6.61 Å². The maximum absolute atomic E-state index is 11.8. The summed E-state index contributed by atoms with van der Waals surface area (Å²) in [4.78, 5) is 19.1. The van der Waals surface area contributed by atoms with Crippen LogP contribution in [-0.2, 0) is 9.53 Å². The zero-order valence-corrected chi connectivity index (χ0v) is 10.2. The van der Waals surface area contributed by atoms with Gasteiger partial charge in [0.25, 0.3) is 0 Å². The Balaban J connectivity index is 2.74. The van der Waals surface area contributed by atoms with Gasteiger partial charge >= 0.3 is 5.97 Å². The van der Waals surface area contributed by atoms with Crippen molar-refractivity contribution in [2.75, 3.05) is 6.61 Å². The average Bonchev–Trinajstić information content (AvgIpc) is 2.66. The van der Waals surface area contributed by atoms with Crippen LogP contribution in [0, 0.1) is 6.92 Å². The Morgan fingerprint density at radius 2 is 2.31 bits per heavy atom. The molecule has 1 N–H and O–H groups in total. The van der Waals surface area contributed by atoms with E-state index >= 15 is 0 Å². The minimum atomic E-state index is -0.242. The van der Waals surface area contributed by atoms with E-state index in [2.05, 4.69) is 16.9 Å². The van der Waals surface area contributed by atoms with Gasteiger partial charge in [0.15, 0.2) is 0 Å². The Morgan fingerprint density at radius 1 is 1.56 bits per heavy atom. The lowest BCUT2D eigenvalue weighted by Crippen LogP contribution is -2.17. The lowest BCUT2D eigenvalue weighted by molar-refractivity contribution is -0.145. The summed E-state index contributed by atoms with van der Waals surface area (Å²) in [7, 11) is 0. The number of carbonyl (C=O) groups excluding carboxylic acids is 1. The number of esters is 1. The maximum atomic E-state index is 11.8. The van der Waals surface area contributed by atoms with Crippen LogP contribution in [-0.4, -0.2) is 22.5 Å². The summed E-state index contributed by atoms with van der Waals surface area (Å²) in [5.74, 6) is 0.309. The largest absolute Gasteiger partial charge is 0.465 e. The first-order valence-corrected chi connectivity index (χ1v) is 5.87. The van der Waals surface area contributed by atoms with Gasteiger partial charge in [-0.3, -0.25) is 4.79 Å². The highest BCUT2D eigenvalue weighted by Gasteiger charge is 2.23. The summed E-state index contributed by atoms with van der Waals surface area (Å²) in [5.41, 5.74) is 0.973. The van der Waals surface area contributed by atoms with Gasteiger partial charge in [0.1, 0.15) is 11.7 Å². The van der Waals surface area contributed by atoms with Crippen LogP contribution in [0.3, 0.4) is 0 Å². The Hall–Kier alpha value is -1.32. The maximum Gasteiger partial charge on any atom is 0.316 e. The molecule has 0 aliphatic carbocycles. The van der Waals surface area contributed by atoms with Crippen molar-refractivity contribution < 1.29 is 9.53 Å². The van der Waals surface area contributed by atoms with Crippen molar-refractivity contribution in [2.24, 2.45) is 0 Å². The molecule has 0 bridgehead atoms. The lowest BCUT2D eigenvalue weighted by Gasteiger charge is -2.12. The van der Waals surface area contributed by atoms with Gasteiger partial charge in [-0.25, -0.2) is 4.98 Å². The number of nitrogens with one attached hydrogen (secondary N) is 1. The molecule has 0 radical (unpaired) electrons. The van der Waals surface area contributed by atoms with E-state index in [-0.39, 0.29) is 11.9 Å². The van der Waals surface area contributed by atoms with E-state index in [9.17, 15) is 4.79 Å². The van der Waals surface area contributed by atoms with E-state index in [1.165, 1.54) is 0 Å². The fraction of sp³-hybridized carbons (Fsp3) is 0.667. The second-order valence-electron chi connectivity index (χ2n) is 3.90. The number of rotatable bonds is 6. The molecule has 1 unspecified atom stereocenters. The minimum Gasteiger partial charge on any atom is -0.465 e. The number of aromatic amines is 1. The first-order valence-electron chi connectivity index (χ1n) is 5.87. The number of hydrogen-bond acceptors (Lipinski definition) is 3. The number of aromatic nitrogens is 2. The third-order valence-corrected chi connectivity index (χ3v) is 2.47. The average molecular weight is 224 g/mol. The number of unbranched alkanes of at least 4 members (excludes halogenated alkanes) is 1. The summed E-state index contributed by atoms with van der Waals surface area (Å²) in [5, 5.41) is 0. The van der Waals surface area contributed by atoms with E-state index in [4.69, 9.17) is 4.74 Å². The Bertz CT molecular complexity index is 334. The van der Waals surface area contributed by atoms with Crippen LogP contribution >= 0.6 is 0 Å². The number of carbonyl (C=O) groups is 1. The summed E-state index contributed by atoms with van der Waals surface area (Å²) >= 11 is 0. The molecule has 4 nitrogen and oxygen atoms in total. The molecule has 1 heterocycles. The van der Waals surface area contributed by atoms with Crippen LogP contribution in [0.4, 0.5) is 0 Å². The van der Waals surface area contributed by atoms with Crippen LogP contribution in [0.1, 0.15) is 50.5 Å². The molecule has 0 aliphatic rings. The van der Waals surface area contributed by atoms with Crippen molar-refractivity contribution >= 4 is 5.97 Å². The molecule has 0 aliphatic heterocycles. The van der Waals surface area contributed by atoms with Crippen molar-refractivity contribution in [3.63, 3.8) is 0 Å². The van der Waals surface area contributed by atoms with Gasteiger partial charge in [0.05, 0.1) is 6.61 Å². The fourth-order valence-corrected chi connectivity index (χ4v) is 1.63. The van der Waals surface area contributed by atoms with Crippen LogP contribution < -0.4 is 0 Å². The summed E-state index contributed by atoms with van der Waals surface area (Å²) in [6, 6.07) is 0. The second kappa shape index (κ2) is 6.30. The van der Waals surface area contributed by atoms with Gasteiger partial charge in [-0.15, -0.1) is 0 Å². The van der Waals surface area contributed by atoms with E-state index in [0.717, 1.165) is 30.8 Å². The molecule has 4 heteroatoms. The third kappa shape index (κ3) is 3.36. The van der Waals surface area contributed by atoms with Crippen molar-refractivity contribution in [1.82, 2.24) is 9.97 Å². The SMILES string of the molecule is CCCCC(C(=O)OCC)c1ncc(C)[nH]1. The van der Waals surface area contributed by atoms with Crippen LogP contribution in [0.15, 0.2) is 6.20 Å². The highest BCUT2D eigenvalue weighted by atomic mass is 16.5. The van der Waals surface area contributed by atoms with Gasteiger partial charge in [-0.2, -0.15) is 0 Å². The van der Waals surface area contributed by atoms with Crippen LogP contribution in [0.5, 0.6) is 0 Å². The second-order valence-corrected chi connectivity index (χ2v) is 3.90. The predicted molar refractivity (Wildman–Crippen MR) is 62.2 cm³/mol. The van der Waals surface area contributed by atoms with Crippen molar-refractivity contribution in [1.29, 1.82) is 0 Å². The molecule has 0 aromatic carbocycles. The molecule has 90 valence electrons. The highest BCUT2D eigenvalue weighted by Crippen LogP contribution is 2.21. The third-order valence-electron chi connectivity index (χ3n) is 2.47. The van der Waals surface area contributed by atoms with Crippen molar-refractivity contribution in [2.45, 2.75) is 46.0 Å². The van der Waals surface area contributed by atoms with Crippen LogP contribution in [0.2, 0.25) is 0 Å². The molecular weight excluding hydrogens is 204 g/mol. The Morgan fingerprint density at radius 3 is 2.81 bits per heavy atom. The van der Waals surface area contributed by atoms with E-state index in [1.807, 2.05) is 13.8 Å². The first kappa shape index (κ1) is 12.7. The van der Waals surface area contributed by atoms with Gasteiger partial charge in [-0.1, -0.05) is 19.8 Å². The number of imidazole rings is 1. The molecule has 1 aromatic heterocycles. The molecule has 16 heavy (non-hydrogen) atoms. The lowest BCUT2D eigenvalue weighted by atomic mass is 10.0. The smallest absolute Gasteiger partial charge is 0.316 e. The monoisotopic (exact) mass is 224 g/mol. The predicted octanol–water partition coefficient (Wildman–Crippen LogP) is 2.56. The molecule has 0 amide bonds. The van der Waals surface area contributed by atoms with Crippen LogP contribution in [0.25, 0.3) is 0 Å². The van der Waals surface area contributed by atoms with Gasteiger partial charge < -0.3 is 9.72 Å². The molecular formula is C12H20N2O2. The molecule has 1 atom stereocenters. The first-order chi connectivity index (χ1) is 7.69. The summed E-state index contributed by atoms with van der Waals surface area (Å²) < 4.78 is 5.07. The molecule has 0 saturated carbocycles. The molecule has 0 spiro atoms. The quantitative estimate of drug-likeness (QED) is 0.755. The summed E-state index contributed by atoms with van der Waals surface area (Å²) in [6.07, 6.45) is 4.61. The molecule has 0 fully saturated rings. The topological polar surface area (TPSA) is 55.0 Å². The number of hydrogen-bond donors (Lipinski definition) is 1. The standard InChI is InChI=1S/C12H20N2O2/c1-4-6-7-10(12(15)16-5-2)11-13-8-9(3)14-11/h8,10H,4-7H2,1-3H3,(H,13,14). The van der Waals surface area contributed by atoms with E-state index < -0.39 is 0 Å². The minimum absolute atomic E-state index is 0.176. The highest BCUT2D eigenvalue weighted by molar-refractivity contribution is 5.77. The fourth-order valence-electron chi connectivity index (χ4n) is 1.63. The zero-order chi connectivity index (χ0) is 12.0. The molecule has 0 saturated heterocycles. The van der Waals surface area contributed by atoms with Gasteiger partial charge in [0.2, 0.25) is 0 Å². The molecule has 1 aromatic rings. The summed E-state index contributed by atoms with van der Waals surface area (Å²) in [6.45, 7) is 6.28. The number of nitrogens with zero attached hydrogens (tertiary/aromatic N) is 1.